The highest BCUT2D eigenvalue weighted by Crippen LogP contribution is 2.23. The highest BCUT2D eigenvalue weighted by molar-refractivity contribution is 4.88. The predicted molar refractivity (Wildman–Crippen MR) is 51.9 cm³/mol. The lowest BCUT2D eigenvalue weighted by Gasteiger charge is -2.25. The Bertz CT molecular complexity index is 143. The molecule has 0 radical (unpaired) electrons. The first-order chi connectivity index (χ1) is 5.70. The van der Waals surface area contributed by atoms with Crippen molar-refractivity contribution in [3.05, 3.63) is 12.3 Å². The topological polar surface area (TPSA) is 9.23 Å². The molecule has 0 spiro atoms. The SMILES string of the molecule is C=C(OC1CCCCC1)C(C)C. The van der Waals surface area contributed by atoms with E-state index in [-0.39, 0.29) is 0 Å². The molecule has 0 unspecified atom stereocenters. The first-order valence-electron chi connectivity index (χ1n) is 5.05. The summed E-state index contributed by atoms with van der Waals surface area (Å²) in [4.78, 5) is 0. The summed E-state index contributed by atoms with van der Waals surface area (Å²) in [5, 5.41) is 0. The van der Waals surface area contributed by atoms with Crippen molar-refractivity contribution in [3.63, 3.8) is 0 Å². The zero-order valence-electron chi connectivity index (χ0n) is 8.31. The number of allylic oxidation sites excluding steroid dienone is 1. The van der Waals surface area contributed by atoms with Crippen LogP contribution in [0.2, 0.25) is 0 Å². The highest BCUT2D eigenvalue weighted by atomic mass is 16.5. The van der Waals surface area contributed by atoms with Crippen LogP contribution in [0.4, 0.5) is 0 Å². The van der Waals surface area contributed by atoms with Gasteiger partial charge in [-0.15, -0.1) is 0 Å². The average molecular weight is 168 g/mol. The monoisotopic (exact) mass is 168 g/mol. The van der Waals surface area contributed by atoms with Crippen LogP contribution in [0.15, 0.2) is 12.3 Å². The minimum Gasteiger partial charge on any atom is -0.495 e. The van der Waals surface area contributed by atoms with Gasteiger partial charge < -0.3 is 4.74 Å². The maximum Gasteiger partial charge on any atom is 0.0982 e. The van der Waals surface area contributed by atoms with Crippen LogP contribution in [-0.2, 0) is 4.74 Å². The Morgan fingerprint density at radius 3 is 2.33 bits per heavy atom. The summed E-state index contributed by atoms with van der Waals surface area (Å²) >= 11 is 0. The van der Waals surface area contributed by atoms with E-state index in [1.165, 1.54) is 32.1 Å². The molecule has 0 N–H and O–H groups in total. The van der Waals surface area contributed by atoms with Crippen molar-refractivity contribution in [3.8, 4) is 0 Å². The van der Waals surface area contributed by atoms with Gasteiger partial charge in [0.15, 0.2) is 0 Å². The molecule has 0 aromatic carbocycles. The van der Waals surface area contributed by atoms with Crippen molar-refractivity contribution in [1.29, 1.82) is 0 Å². The van der Waals surface area contributed by atoms with Crippen molar-refractivity contribution in [2.45, 2.75) is 52.1 Å². The van der Waals surface area contributed by atoms with E-state index in [1.807, 2.05) is 0 Å². The largest absolute Gasteiger partial charge is 0.495 e. The van der Waals surface area contributed by atoms with Crippen molar-refractivity contribution in [1.82, 2.24) is 0 Å². The molecule has 0 bridgehead atoms. The van der Waals surface area contributed by atoms with Crippen LogP contribution in [0.25, 0.3) is 0 Å². The number of rotatable bonds is 3. The van der Waals surface area contributed by atoms with Crippen LogP contribution in [0.1, 0.15) is 46.0 Å². The summed E-state index contributed by atoms with van der Waals surface area (Å²) in [6.45, 7) is 8.19. The van der Waals surface area contributed by atoms with E-state index < -0.39 is 0 Å². The molecule has 0 aromatic rings. The van der Waals surface area contributed by atoms with Gasteiger partial charge in [-0.1, -0.05) is 26.8 Å². The van der Waals surface area contributed by atoms with Crippen LogP contribution in [0.5, 0.6) is 0 Å². The van der Waals surface area contributed by atoms with E-state index in [0.29, 0.717) is 12.0 Å². The van der Waals surface area contributed by atoms with Crippen molar-refractivity contribution < 1.29 is 4.74 Å². The molecule has 1 nitrogen and oxygen atoms in total. The van der Waals surface area contributed by atoms with Crippen LogP contribution >= 0.6 is 0 Å². The Hall–Kier alpha value is -0.460. The summed E-state index contributed by atoms with van der Waals surface area (Å²) in [5.74, 6) is 1.42. The predicted octanol–water partition coefficient (Wildman–Crippen LogP) is 3.51. The molecule has 70 valence electrons. The lowest BCUT2D eigenvalue weighted by Crippen LogP contribution is -2.17. The molecule has 1 saturated carbocycles. The second kappa shape index (κ2) is 4.54. The molecule has 1 heteroatoms. The number of hydrogen-bond donors (Lipinski definition) is 0. The Morgan fingerprint density at radius 2 is 1.83 bits per heavy atom. The Kier molecular flexibility index (Phi) is 3.64. The van der Waals surface area contributed by atoms with E-state index in [9.17, 15) is 0 Å². The lowest BCUT2D eigenvalue weighted by atomic mass is 9.97. The molecule has 12 heavy (non-hydrogen) atoms. The van der Waals surface area contributed by atoms with Gasteiger partial charge in [0.1, 0.15) is 0 Å². The third-order valence-corrected chi connectivity index (χ3v) is 2.51. The second-order valence-electron chi connectivity index (χ2n) is 4.00. The summed E-state index contributed by atoms with van der Waals surface area (Å²) < 4.78 is 5.76. The van der Waals surface area contributed by atoms with E-state index in [0.717, 1.165) is 5.76 Å². The molecule has 0 heterocycles. The molecule has 0 aliphatic heterocycles. The number of hydrogen-bond acceptors (Lipinski definition) is 1. The Labute approximate surface area is 75.8 Å². The quantitative estimate of drug-likeness (QED) is 0.586. The molecule has 0 aromatic heterocycles. The maximum absolute atomic E-state index is 5.76. The summed E-state index contributed by atoms with van der Waals surface area (Å²) in [7, 11) is 0. The fourth-order valence-electron chi connectivity index (χ4n) is 1.53. The summed E-state index contributed by atoms with van der Waals surface area (Å²) in [6, 6.07) is 0. The second-order valence-corrected chi connectivity index (χ2v) is 4.00. The molecule has 0 saturated heterocycles. The molecule has 0 atom stereocenters. The van der Waals surface area contributed by atoms with Gasteiger partial charge in [0.2, 0.25) is 0 Å². The van der Waals surface area contributed by atoms with Gasteiger partial charge in [-0.2, -0.15) is 0 Å². The zero-order valence-corrected chi connectivity index (χ0v) is 8.31. The van der Waals surface area contributed by atoms with Crippen molar-refractivity contribution >= 4 is 0 Å². The molecular weight excluding hydrogens is 148 g/mol. The van der Waals surface area contributed by atoms with Crippen LogP contribution < -0.4 is 0 Å². The smallest absolute Gasteiger partial charge is 0.0982 e. The Morgan fingerprint density at radius 1 is 1.25 bits per heavy atom. The molecule has 0 amide bonds. The first kappa shape index (κ1) is 9.63. The van der Waals surface area contributed by atoms with E-state index in [2.05, 4.69) is 20.4 Å². The van der Waals surface area contributed by atoms with Crippen LogP contribution in [0.3, 0.4) is 0 Å². The third-order valence-electron chi connectivity index (χ3n) is 2.51. The van der Waals surface area contributed by atoms with Gasteiger partial charge in [0.05, 0.1) is 11.9 Å². The number of ether oxygens (including phenoxy) is 1. The lowest BCUT2D eigenvalue weighted by molar-refractivity contribution is 0.0687. The average Bonchev–Trinajstić information content (AvgIpc) is 2.06. The first-order valence-corrected chi connectivity index (χ1v) is 5.05. The van der Waals surface area contributed by atoms with Gasteiger partial charge in [-0.25, -0.2) is 0 Å². The molecule has 1 fully saturated rings. The zero-order chi connectivity index (χ0) is 8.97. The van der Waals surface area contributed by atoms with Crippen molar-refractivity contribution in [2.24, 2.45) is 5.92 Å². The minimum absolute atomic E-state index is 0.465. The summed E-state index contributed by atoms with van der Waals surface area (Å²) in [5.41, 5.74) is 0. The van der Waals surface area contributed by atoms with Gasteiger partial charge in [0, 0.05) is 5.92 Å². The van der Waals surface area contributed by atoms with E-state index >= 15 is 0 Å². The highest BCUT2D eigenvalue weighted by Gasteiger charge is 2.15. The van der Waals surface area contributed by atoms with Gasteiger partial charge in [-0.05, 0) is 25.7 Å². The molecular formula is C11H20O. The fraction of sp³-hybridized carbons (Fsp3) is 0.818. The van der Waals surface area contributed by atoms with Crippen molar-refractivity contribution in [2.75, 3.05) is 0 Å². The Balaban J connectivity index is 2.24. The maximum atomic E-state index is 5.76. The van der Waals surface area contributed by atoms with E-state index in [1.54, 1.807) is 0 Å². The normalized spacial score (nSPS) is 19.6. The standard InChI is InChI=1S/C11H20O/c1-9(2)10(3)12-11-7-5-4-6-8-11/h9,11H,3-8H2,1-2H3. The fourth-order valence-corrected chi connectivity index (χ4v) is 1.53. The van der Waals surface area contributed by atoms with Gasteiger partial charge in [-0.3, -0.25) is 0 Å². The molecule has 1 aliphatic carbocycles. The summed E-state index contributed by atoms with van der Waals surface area (Å²) in [6.07, 6.45) is 6.96. The van der Waals surface area contributed by atoms with Gasteiger partial charge in [0.25, 0.3) is 0 Å². The van der Waals surface area contributed by atoms with Crippen LogP contribution in [-0.4, -0.2) is 6.10 Å². The van der Waals surface area contributed by atoms with Gasteiger partial charge >= 0.3 is 0 Å². The molecule has 1 rings (SSSR count). The third kappa shape index (κ3) is 2.88. The van der Waals surface area contributed by atoms with Crippen LogP contribution in [0, 0.1) is 5.92 Å². The minimum atomic E-state index is 0.465. The van der Waals surface area contributed by atoms with E-state index in [4.69, 9.17) is 4.74 Å². The molecule has 1 aliphatic rings.